The van der Waals surface area contributed by atoms with Gasteiger partial charge in [0.2, 0.25) is 0 Å². The largest absolute Gasteiger partial charge is 0.395 e. The standard InChI is InChI=1S/C10H21NOS/c1-9(8-13)6-11-5-3-2-4-10(11)7-12/h9-10,12-13H,2-8H2,1H3. The molecule has 1 rings (SSSR count). The molecule has 1 heterocycles. The fraction of sp³-hybridized carbons (Fsp3) is 1.00. The van der Waals surface area contributed by atoms with Crippen LogP contribution in [0.25, 0.3) is 0 Å². The molecule has 0 aliphatic carbocycles. The van der Waals surface area contributed by atoms with E-state index in [1.165, 1.54) is 12.8 Å². The molecular weight excluding hydrogens is 182 g/mol. The summed E-state index contributed by atoms with van der Waals surface area (Å²) < 4.78 is 0. The molecule has 1 aliphatic heterocycles. The van der Waals surface area contributed by atoms with Gasteiger partial charge in [-0.15, -0.1) is 0 Å². The van der Waals surface area contributed by atoms with Crippen LogP contribution in [-0.4, -0.2) is 41.5 Å². The average Bonchev–Trinajstić information content (AvgIpc) is 2.18. The Labute approximate surface area is 86.7 Å². The summed E-state index contributed by atoms with van der Waals surface area (Å²) >= 11 is 4.28. The monoisotopic (exact) mass is 203 g/mol. The van der Waals surface area contributed by atoms with Crippen molar-refractivity contribution in [3.8, 4) is 0 Å². The lowest BCUT2D eigenvalue weighted by molar-refractivity contribution is 0.0809. The van der Waals surface area contributed by atoms with Crippen molar-refractivity contribution in [1.82, 2.24) is 4.90 Å². The molecule has 0 saturated carbocycles. The summed E-state index contributed by atoms with van der Waals surface area (Å²) in [5, 5.41) is 9.19. The fourth-order valence-electron chi connectivity index (χ4n) is 1.97. The van der Waals surface area contributed by atoms with E-state index in [9.17, 15) is 5.11 Å². The van der Waals surface area contributed by atoms with Gasteiger partial charge >= 0.3 is 0 Å². The predicted octanol–water partition coefficient (Wildman–Crippen LogP) is 1.40. The summed E-state index contributed by atoms with van der Waals surface area (Å²) in [5.41, 5.74) is 0. The molecule has 78 valence electrons. The Morgan fingerprint density at radius 1 is 1.54 bits per heavy atom. The maximum absolute atomic E-state index is 9.19. The first-order valence-electron chi connectivity index (χ1n) is 5.23. The second-order valence-corrected chi connectivity index (χ2v) is 4.48. The normalized spacial score (nSPS) is 27.5. The molecule has 0 aromatic rings. The van der Waals surface area contributed by atoms with Gasteiger partial charge in [-0.25, -0.2) is 0 Å². The summed E-state index contributed by atoms with van der Waals surface area (Å²) in [5.74, 6) is 1.57. The van der Waals surface area contributed by atoms with Gasteiger partial charge in [0, 0.05) is 12.6 Å². The molecule has 2 unspecified atom stereocenters. The minimum atomic E-state index is 0.319. The zero-order valence-corrected chi connectivity index (χ0v) is 9.34. The van der Waals surface area contributed by atoms with Crippen LogP contribution in [0.4, 0.5) is 0 Å². The van der Waals surface area contributed by atoms with Crippen LogP contribution >= 0.6 is 12.6 Å². The highest BCUT2D eigenvalue weighted by molar-refractivity contribution is 7.80. The van der Waals surface area contributed by atoms with Crippen LogP contribution in [0.1, 0.15) is 26.2 Å². The molecule has 1 aliphatic rings. The van der Waals surface area contributed by atoms with E-state index >= 15 is 0 Å². The maximum Gasteiger partial charge on any atom is 0.0586 e. The van der Waals surface area contributed by atoms with E-state index in [4.69, 9.17) is 0 Å². The van der Waals surface area contributed by atoms with Gasteiger partial charge < -0.3 is 5.11 Å². The summed E-state index contributed by atoms with van der Waals surface area (Å²) in [6.07, 6.45) is 3.72. The van der Waals surface area contributed by atoms with Gasteiger partial charge in [0.25, 0.3) is 0 Å². The molecule has 2 nitrogen and oxygen atoms in total. The first kappa shape index (κ1) is 11.3. The van der Waals surface area contributed by atoms with Gasteiger partial charge in [0.1, 0.15) is 0 Å². The highest BCUT2D eigenvalue weighted by Gasteiger charge is 2.22. The van der Waals surface area contributed by atoms with Crippen LogP contribution in [0.3, 0.4) is 0 Å². The highest BCUT2D eigenvalue weighted by atomic mass is 32.1. The summed E-state index contributed by atoms with van der Waals surface area (Å²) in [6.45, 7) is 4.79. The molecule has 0 spiro atoms. The molecule has 0 bridgehead atoms. The third kappa shape index (κ3) is 3.49. The van der Waals surface area contributed by atoms with Crippen LogP contribution in [0, 0.1) is 5.92 Å². The number of rotatable bonds is 4. The maximum atomic E-state index is 9.19. The molecule has 0 aromatic heterocycles. The number of piperidine rings is 1. The van der Waals surface area contributed by atoms with Crippen LogP contribution in [0.15, 0.2) is 0 Å². The Kier molecular flexibility index (Phi) is 5.14. The number of aliphatic hydroxyl groups is 1. The number of nitrogens with zero attached hydrogens (tertiary/aromatic N) is 1. The number of thiol groups is 1. The molecule has 0 amide bonds. The van der Waals surface area contributed by atoms with Crippen LogP contribution in [0.5, 0.6) is 0 Å². The van der Waals surface area contributed by atoms with E-state index in [-0.39, 0.29) is 0 Å². The summed E-state index contributed by atoms with van der Waals surface area (Å²) in [6, 6.07) is 0.413. The van der Waals surface area contributed by atoms with Gasteiger partial charge in [0.15, 0.2) is 0 Å². The van der Waals surface area contributed by atoms with Crippen molar-refractivity contribution < 1.29 is 5.11 Å². The molecule has 3 heteroatoms. The Morgan fingerprint density at radius 3 is 2.92 bits per heavy atom. The smallest absolute Gasteiger partial charge is 0.0586 e. The lowest BCUT2D eigenvalue weighted by Gasteiger charge is -2.36. The van der Waals surface area contributed by atoms with E-state index in [1.807, 2.05) is 0 Å². The van der Waals surface area contributed by atoms with Crippen molar-refractivity contribution >= 4 is 12.6 Å². The zero-order valence-electron chi connectivity index (χ0n) is 8.45. The van der Waals surface area contributed by atoms with Crippen molar-refractivity contribution in [2.75, 3.05) is 25.4 Å². The van der Waals surface area contributed by atoms with Crippen molar-refractivity contribution in [3.63, 3.8) is 0 Å². The molecule has 1 fully saturated rings. The van der Waals surface area contributed by atoms with Gasteiger partial charge in [-0.1, -0.05) is 13.3 Å². The third-order valence-electron chi connectivity index (χ3n) is 2.82. The van der Waals surface area contributed by atoms with E-state index in [2.05, 4.69) is 24.5 Å². The Morgan fingerprint density at radius 2 is 2.31 bits per heavy atom. The van der Waals surface area contributed by atoms with Gasteiger partial charge in [0.05, 0.1) is 6.61 Å². The molecule has 0 aromatic carbocycles. The van der Waals surface area contributed by atoms with Crippen LogP contribution in [-0.2, 0) is 0 Å². The zero-order chi connectivity index (χ0) is 9.68. The number of aliphatic hydroxyl groups excluding tert-OH is 1. The fourth-order valence-corrected chi connectivity index (χ4v) is 2.08. The number of hydrogen-bond donors (Lipinski definition) is 2. The third-order valence-corrected chi connectivity index (χ3v) is 3.44. The van der Waals surface area contributed by atoms with E-state index in [1.54, 1.807) is 0 Å². The van der Waals surface area contributed by atoms with Gasteiger partial charge in [-0.2, -0.15) is 12.6 Å². The van der Waals surface area contributed by atoms with Crippen LogP contribution < -0.4 is 0 Å². The topological polar surface area (TPSA) is 23.5 Å². The van der Waals surface area contributed by atoms with Gasteiger partial charge in [-0.3, -0.25) is 4.90 Å². The Bertz CT molecular complexity index is 143. The first-order chi connectivity index (χ1) is 6.27. The molecule has 1 saturated heterocycles. The van der Waals surface area contributed by atoms with E-state index in [0.29, 0.717) is 18.6 Å². The second-order valence-electron chi connectivity index (χ2n) is 4.11. The molecule has 1 N–H and O–H groups in total. The Balaban J connectivity index is 2.35. The number of hydrogen-bond acceptors (Lipinski definition) is 3. The highest BCUT2D eigenvalue weighted by Crippen LogP contribution is 2.18. The quantitative estimate of drug-likeness (QED) is 0.675. The molecular formula is C10H21NOS. The summed E-state index contributed by atoms with van der Waals surface area (Å²) in [4.78, 5) is 2.42. The molecule has 0 radical (unpaired) electrons. The second kappa shape index (κ2) is 5.89. The lowest BCUT2D eigenvalue weighted by Crippen LogP contribution is -2.44. The average molecular weight is 203 g/mol. The van der Waals surface area contributed by atoms with Crippen molar-refractivity contribution in [2.24, 2.45) is 5.92 Å². The minimum Gasteiger partial charge on any atom is -0.395 e. The number of likely N-dealkylation sites (tertiary alicyclic amines) is 1. The minimum absolute atomic E-state index is 0.319. The van der Waals surface area contributed by atoms with Gasteiger partial charge in [-0.05, 0) is 31.1 Å². The van der Waals surface area contributed by atoms with Crippen molar-refractivity contribution in [1.29, 1.82) is 0 Å². The van der Waals surface area contributed by atoms with Crippen LogP contribution in [0.2, 0.25) is 0 Å². The van der Waals surface area contributed by atoms with E-state index < -0.39 is 0 Å². The lowest BCUT2D eigenvalue weighted by atomic mass is 10.0. The Hall–Kier alpha value is 0.270. The SMILES string of the molecule is CC(CS)CN1CCCCC1CO. The molecule has 13 heavy (non-hydrogen) atoms. The van der Waals surface area contributed by atoms with E-state index in [0.717, 1.165) is 25.3 Å². The summed E-state index contributed by atoms with van der Waals surface area (Å²) in [7, 11) is 0. The van der Waals surface area contributed by atoms with Crippen molar-refractivity contribution in [3.05, 3.63) is 0 Å². The van der Waals surface area contributed by atoms with Crippen molar-refractivity contribution in [2.45, 2.75) is 32.2 Å². The molecule has 2 atom stereocenters. The predicted molar refractivity (Wildman–Crippen MR) is 59.3 cm³/mol. The first-order valence-corrected chi connectivity index (χ1v) is 5.87.